The van der Waals surface area contributed by atoms with Gasteiger partial charge in [0.05, 0.1) is 6.04 Å². The Morgan fingerprint density at radius 2 is 1.44 bits per heavy atom. The molecule has 5 unspecified atom stereocenters. The number of aromatic nitrogens is 1. The van der Waals surface area contributed by atoms with Gasteiger partial charge in [0.2, 0.25) is 23.6 Å². The number of carbonyl (C=O) groups is 5. The number of carboxylic acid groups (broad SMARTS) is 1. The van der Waals surface area contributed by atoms with Gasteiger partial charge in [-0.05, 0) is 29.5 Å². The molecule has 12 heteroatoms. The van der Waals surface area contributed by atoms with E-state index in [0.29, 0.717) is 12.0 Å². The minimum atomic E-state index is -1.33. The summed E-state index contributed by atoms with van der Waals surface area (Å²) < 4.78 is 0. The lowest BCUT2D eigenvalue weighted by Crippen LogP contribution is -2.58. The van der Waals surface area contributed by atoms with Crippen molar-refractivity contribution in [2.24, 2.45) is 17.4 Å². The Morgan fingerprint density at radius 1 is 0.837 bits per heavy atom. The van der Waals surface area contributed by atoms with Crippen molar-refractivity contribution in [2.75, 3.05) is 0 Å². The third kappa shape index (κ3) is 9.40. The number of carbonyl (C=O) groups excluding carboxylic acids is 4. The first-order valence-corrected chi connectivity index (χ1v) is 14.3. The fourth-order valence-corrected chi connectivity index (χ4v) is 4.66. The zero-order chi connectivity index (χ0) is 31.5. The molecule has 0 aliphatic carbocycles. The Balaban J connectivity index is 1.80. The van der Waals surface area contributed by atoms with E-state index in [2.05, 4.69) is 20.9 Å². The number of hydrogen-bond donors (Lipinski definition) is 7. The smallest absolute Gasteiger partial charge is 0.326 e. The number of nitrogens with one attached hydrogen (secondary N) is 4. The highest BCUT2D eigenvalue weighted by molar-refractivity contribution is 5.95. The summed E-state index contributed by atoms with van der Waals surface area (Å²) in [5.74, 6) is -4.13. The molecule has 12 nitrogen and oxygen atoms in total. The Bertz CT molecular complexity index is 1420. The maximum Gasteiger partial charge on any atom is 0.326 e. The van der Waals surface area contributed by atoms with Crippen molar-refractivity contribution in [3.8, 4) is 0 Å². The molecule has 3 aromatic rings. The summed E-state index contributed by atoms with van der Waals surface area (Å²) in [5.41, 5.74) is 13.7. The van der Waals surface area contributed by atoms with E-state index in [9.17, 15) is 29.1 Å². The first-order valence-electron chi connectivity index (χ1n) is 14.3. The van der Waals surface area contributed by atoms with Gasteiger partial charge in [0.15, 0.2) is 0 Å². The summed E-state index contributed by atoms with van der Waals surface area (Å²) in [4.78, 5) is 66.6. The molecule has 4 amide bonds. The molecule has 3 rings (SSSR count). The number of aromatic amines is 1. The number of nitrogens with two attached hydrogens (primary N) is 2. The highest BCUT2D eigenvalue weighted by atomic mass is 16.4. The van der Waals surface area contributed by atoms with Crippen LogP contribution in [0.5, 0.6) is 0 Å². The van der Waals surface area contributed by atoms with Gasteiger partial charge < -0.3 is 37.5 Å². The van der Waals surface area contributed by atoms with E-state index < -0.39 is 53.8 Å². The van der Waals surface area contributed by atoms with Crippen molar-refractivity contribution in [1.29, 1.82) is 0 Å². The number of hydrogen-bond acceptors (Lipinski definition) is 6. The van der Waals surface area contributed by atoms with E-state index in [1.807, 2.05) is 44.2 Å². The maximum absolute atomic E-state index is 13.5. The van der Waals surface area contributed by atoms with E-state index in [1.54, 1.807) is 30.5 Å². The second kappa shape index (κ2) is 15.5. The fraction of sp³-hybridized carbons (Fsp3) is 0.387. The van der Waals surface area contributed by atoms with Crippen molar-refractivity contribution < 1.29 is 29.1 Å². The molecule has 0 aliphatic heterocycles. The number of primary amides is 1. The van der Waals surface area contributed by atoms with Crippen molar-refractivity contribution in [2.45, 2.75) is 70.1 Å². The maximum atomic E-state index is 13.5. The number of amides is 4. The average Bonchev–Trinajstić information content (AvgIpc) is 3.40. The van der Waals surface area contributed by atoms with Crippen LogP contribution in [-0.2, 0) is 36.8 Å². The molecule has 0 spiro atoms. The third-order valence-corrected chi connectivity index (χ3v) is 7.50. The highest BCUT2D eigenvalue weighted by Gasteiger charge is 2.31. The Morgan fingerprint density at radius 3 is 2.09 bits per heavy atom. The topological polar surface area (TPSA) is 209 Å². The third-order valence-electron chi connectivity index (χ3n) is 7.50. The fourth-order valence-electron chi connectivity index (χ4n) is 4.66. The van der Waals surface area contributed by atoms with Crippen molar-refractivity contribution in [3.05, 3.63) is 71.9 Å². The summed E-state index contributed by atoms with van der Waals surface area (Å²) in [6.07, 6.45) is 2.00. The van der Waals surface area contributed by atoms with Gasteiger partial charge >= 0.3 is 5.97 Å². The van der Waals surface area contributed by atoms with Crippen LogP contribution in [0.1, 0.15) is 44.2 Å². The first-order chi connectivity index (χ1) is 20.5. The molecule has 9 N–H and O–H groups in total. The van der Waals surface area contributed by atoms with E-state index in [1.165, 1.54) is 0 Å². The largest absolute Gasteiger partial charge is 0.480 e. The van der Waals surface area contributed by atoms with Crippen LogP contribution >= 0.6 is 0 Å². The number of carboxylic acids is 1. The molecular formula is C31H40N6O6. The summed E-state index contributed by atoms with van der Waals surface area (Å²) in [6, 6.07) is 11.8. The highest BCUT2D eigenvalue weighted by Crippen LogP contribution is 2.19. The van der Waals surface area contributed by atoms with Crippen LogP contribution in [-0.4, -0.2) is 63.9 Å². The van der Waals surface area contributed by atoms with Crippen LogP contribution in [0.4, 0.5) is 0 Å². The van der Waals surface area contributed by atoms with Crippen LogP contribution in [0.25, 0.3) is 10.9 Å². The molecule has 0 radical (unpaired) electrons. The van der Waals surface area contributed by atoms with E-state index >= 15 is 0 Å². The molecule has 230 valence electrons. The van der Waals surface area contributed by atoms with Gasteiger partial charge in [0.1, 0.15) is 18.1 Å². The second-order valence-electron chi connectivity index (χ2n) is 10.7. The van der Waals surface area contributed by atoms with Crippen LogP contribution < -0.4 is 27.4 Å². The van der Waals surface area contributed by atoms with Crippen LogP contribution in [0.15, 0.2) is 60.8 Å². The normalized spacial score (nSPS) is 14.6. The molecule has 2 aromatic carbocycles. The number of aliphatic carboxylic acids is 1. The van der Waals surface area contributed by atoms with E-state index in [-0.39, 0.29) is 31.6 Å². The van der Waals surface area contributed by atoms with Crippen molar-refractivity contribution >= 4 is 40.5 Å². The predicted molar refractivity (Wildman–Crippen MR) is 161 cm³/mol. The lowest BCUT2D eigenvalue weighted by atomic mass is 9.98. The Hall–Kier alpha value is -4.71. The number of para-hydroxylation sites is 1. The quantitative estimate of drug-likeness (QED) is 0.129. The van der Waals surface area contributed by atoms with Crippen LogP contribution in [0, 0.1) is 5.92 Å². The Labute approximate surface area is 250 Å². The van der Waals surface area contributed by atoms with E-state index in [0.717, 1.165) is 16.5 Å². The zero-order valence-corrected chi connectivity index (χ0v) is 24.3. The summed E-state index contributed by atoms with van der Waals surface area (Å²) in [7, 11) is 0. The van der Waals surface area contributed by atoms with E-state index in [4.69, 9.17) is 11.5 Å². The minimum absolute atomic E-state index is 0.0260. The molecular weight excluding hydrogens is 552 g/mol. The monoisotopic (exact) mass is 592 g/mol. The zero-order valence-electron chi connectivity index (χ0n) is 24.3. The van der Waals surface area contributed by atoms with Crippen LogP contribution in [0.2, 0.25) is 0 Å². The molecule has 0 saturated heterocycles. The van der Waals surface area contributed by atoms with Crippen molar-refractivity contribution in [3.63, 3.8) is 0 Å². The standard InChI is InChI=1S/C31H40N6O6/c1-3-18(2)27(33)30(41)36-24(15-19-9-5-4-6-10-19)29(40)35-23(13-14-26(32)38)28(39)37-25(31(42)43)16-20-17-34-22-12-8-7-11-21(20)22/h4-12,17-18,23-25,27,34H,3,13-16,33H2,1-2H3,(H2,32,38)(H,35,40)(H,36,41)(H,37,39)(H,42,43). The molecule has 1 heterocycles. The van der Waals surface area contributed by atoms with Gasteiger partial charge in [-0.15, -0.1) is 0 Å². The van der Waals surface area contributed by atoms with Gasteiger partial charge in [-0.2, -0.15) is 0 Å². The number of fused-ring (bicyclic) bond motifs is 1. The number of rotatable bonds is 16. The molecule has 5 atom stereocenters. The SMILES string of the molecule is CCC(C)C(N)C(=O)NC(Cc1ccccc1)C(=O)NC(CCC(N)=O)C(=O)NC(Cc1c[nH]c2ccccc12)C(=O)O. The predicted octanol–water partition coefficient (Wildman–Crippen LogP) is 1.13. The van der Waals surface area contributed by atoms with Gasteiger partial charge in [-0.3, -0.25) is 19.2 Å². The van der Waals surface area contributed by atoms with Gasteiger partial charge in [-0.25, -0.2) is 4.79 Å². The molecule has 0 fully saturated rings. The first kappa shape index (κ1) is 32.8. The van der Waals surface area contributed by atoms with Gasteiger partial charge in [0, 0.05) is 36.4 Å². The lowest BCUT2D eigenvalue weighted by Gasteiger charge is -2.26. The molecule has 0 saturated carbocycles. The van der Waals surface area contributed by atoms with Crippen molar-refractivity contribution in [1.82, 2.24) is 20.9 Å². The molecule has 0 bridgehead atoms. The summed E-state index contributed by atoms with van der Waals surface area (Å²) >= 11 is 0. The average molecular weight is 593 g/mol. The molecule has 1 aromatic heterocycles. The molecule has 43 heavy (non-hydrogen) atoms. The molecule has 0 aliphatic rings. The second-order valence-corrected chi connectivity index (χ2v) is 10.7. The van der Waals surface area contributed by atoms with Gasteiger partial charge in [0.25, 0.3) is 0 Å². The summed E-state index contributed by atoms with van der Waals surface area (Å²) in [6.45, 7) is 3.73. The van der Waals surface area contributed by atoms with Crippen LogP contribution in [0.3, 0.4) is 0 Å². The lowest BCUT2D eigenvalue weighted by molar-refractivity contribution is -0.142. The summed E-state index contributed by atoms with van der Waals surface area (Å²) in [5, 5.41) is 18.5. The number of H-pyrrole nitrogens is 1. The van der Waals surface area contributed by atoms with Gasteiger partial charge in [-0.1, -0.05) is 68.8 Å². The number of benzene rings is 2. The Kier molecular flexibility index (Phi) is 11.8. The minimum Gasteiger partial charge on any atom is -0.480 e.